The van der Waals surface area contributed by atoms with Gasteiger partial charge in [0.05, 0.1) is 6.04 Å². The first kappa shape index (κ1) is 37.8. The van der Waals surface area contributed by atoms with E-state index in [2.05, 4.69) is 25.9 Å². The summed E-state index contributed by atoms with van der Waals surface area (Å²) < 4.78 is 0. The van der Waals surface area contributed by atoms with Gasteiger partial charge in [0.2, 0.25) is 29.5 Å². The third-order valence-corrected chi connectivity index (χ3v) is 8.97. The van der Waals surface area contributed by atoms with Crippen LogP contribution in [0.3, 0.4) is 0 Å². The zero-order valence-electron chi connectivity index (χ0n) is 28.3. The Hall–Kier alpha value is -4.66. The van der Waals surface area contributed by atoms with Gasteiger partial charge in [-0.25, -0.2) is 0 Å². The molecule has 2 aromatic rings. The summed E-state index contributed by atoms with van der Waals surface area (Å²) in [6.45, 7) is 7.89. The molecule has 1 aromatic heterocycles. The number of nitrogens with one attached hydrogen (secondary N) is 4. The van der Waals surface area contributed by atoms with Gasteiger partial charge in [0, 0.05) is 36.6 Å². The van der Waals surface area contributed by atoms with E-state index in [0.29, 0.717) is 32.2 Å². The molecule has 1 aromatic carbocycles. The van der Waals surface area contributed by atoms with Gasteiger partial charge >= 0.3 is 0 Å². The Kier molecular flexibility index (Phi) is 13.8. The first-order valence-corrected chi connectivity index (χ1v) is 16.6. The number of guanidine groups is 1. The van der Waals surface area contributed by atoms with Crippen molar-refractivity contribution in [3.05, 3.63) is 36.0 Å². The van der Waals surface area contributed by atoms with E-state index >= 15 is 0 Å². The maximum absolute atomic E-state index is 14.2. The fourth-order valence-electron chi connectivity index (χ4n) is 5.80. The number of primary amides is 1. The Balaban J connectivity index is 1.80. The van der Waals surface area contributed by atoms with Crippen LogP contribution in [0.4, 0.5) is 0 Å². The monoisotopic (exact) mass is 668 g/mol. The summed E-state index contributed by atoms with van der Waals surface area (Å²) >= 11 is 0. The number of aliphatic imine (C=N–C) groups is 1. The number of fused-ring (bicyclic) bond motifs is 1. The highest BCUT2D eigenvalue weighted by Crippen LogP contribution is 2.24. The number of hydrogen-bond acceptors (Lipinski definition) is 7. The molecule has 1 aliphatic rings. The first-order valence-electron chi connectivity index (χ1n) is 16.6. The van der Waals surface area contributed by atoms with Gasteiger partial charge in [0.1, 0.15) is 24.2 Å². The van der Waals surface area contributed by atoms with Gasteiger partial charge in [-0.05, 0) is 49.1 Å². The fourth-order valence-corrected chi connectivity index (χ4v) is 5.80. The van der Waals surface area contributed by atoms with Crippen molar-refractivity contribution in [2.75, 3.05) is 13.1 Å². The zero-order valence-corrected chi connectivity index (χ0v) is 28.3. The van der Waals surface area contributed by atoms with Crippen LogP contribution in [0.1, 0.15) is 65.4 Å². The summed E-state index contributed by atoms with van der Waals surface area (Å²) in [5.41, 5.74) is 24.1. The van der Waals surface area contributed by atoms with Crippen LogP contribution in [0, 0.1) is 11.8 Å². The van der Waals surface area contributed by atoms with Crippen LogP contribution in [0.5, 0.6) is 0 Å². The number of benzene rings is 1. The summed E-state index contributed by atoms with van der Waals surface area (Å²) in [5, 5.41) is 9.28. The standard InChI is InChI=1S/C33H52N10O5/c1-5-19(4)27(31(47)40-23(28(35)44)12-8-14-38-33(36)37)42-29(45)25-13-9-15-43(25)32(48)24(41-30(46)26(34)18(2)3)16-20-17-39-22-11-7-6-10-21(20)22/h6-7,10-11,17-19,23-27,39H,5,8-9,12-16,34H2,1-4H3,(H2,35,44)(H,40,47)(H,41,46)(H,42,45)(H4,36,37,38)/t19-,23+,24-,25-,26?,27-/m1/s1. The van der Waals surface area contributed by atoms with Crippen LogP contribution in [-0.2, 0) is 30.4 Å². The molecule has 12 N–H and O–H groups in total. The highest BCUT2D eigenvalue weighted by atomic mass is 16.2. The van der Waals surface area contributed by atoms with Crippen molar-refractivity contribution in [1.29, 1.82) is 0 Å². The van der Waals surface area contributed by atoms with Crippen LogP contribution in [0.2, 0.25) is 0 Å². The molecule has 15 nitrogen and oxygen atoms in total. The molecule has 6 atom stereocenters. The van der Waals surface area contributed by atoms with Crippen LogP contribution in [0.25, 0.3) is 10.9 Å². The number of rotatable bonds is 17. The van der Waals surface area contributed by atoms with Crippen LogP contribution < -0.4 is 38.9 Å². The molecule has 2 heterocycles. The van der Waals surface area contributed by atoms with E-state index in [1.54, 1.807) is 0 Å². The molecule has 15 heteroatoms. The summed E-state index contributed by atoms with van der Waals surface area (Å²) in [6, 6.07) is 2.98. The molecule has 48 heavy (non-hydrogen) atoms. The Morgan fingerprint density at radius 1 is 1.00 bits per heavy atom. The molecule has 3 rings (SSSR count). The molecule has 264 valence electrons. The lowest BCUT2D eigenvalue weighted by Gasteiger charge is -2.31. The molecule has 1 saturated heterocycles. The fraction of sp³-hybridized carbons (Fsp3) is 0.576. The molecule has 5 amide bonds. The Bertz CT molecular complexity index is 1470. The maximum atomic E-state index is 14.2. The summed E-state index contributed by atoms with van der Waals surface area (Å²) in [7, 11) is 0. The van der Waals surface area contributed by atoms with Gasteiger partial charge < -0.3 is 48.8 Å². The summed E-state index contributed by atoms with van der Waals surface area (Å²) in [5.74, 6) is -3.21. The van der Waals surface area contributed by atoms with E-state index in [0.717, 1.165) is 16.5 Å². The summed E-state index contributed by atoms with van der Waals surface area (Å²) in [6.07, 6.45) is 4.07. The second-order valence-corrected chi connectivity index (χ2v) is 12.9. The second kappa shape index (κ2) is 17.5. The summed E-state index contributed by atoms with van der Waals surface area (Å²) in [4.78, 5) is 75.2. The Labute approximate surface area is 281 Å². The number of aromatic amines is 1. The number of aromatic nitrogens is 1. The van der Waals surface area contributed by atoms with E-state index in [1.807, 2.05) is 58.2 Å². The van der Waals surface area contributed by atoms with Crippen molar-refractivity contribution in [2.45, 2.75) is 96.4 Å². The minimum absolute atomic E-state index is 0.0838. The smallest absolute Gasteiger partial charge is 0.246 e. The van der Waals surface area contributed by atoms with Gasteiger partial charge in [-0.3, -0.25) is 29.0 Å². The van der Waals surface area contributed by atoms with Gasteiger partial charge in [-0.1, -0.05) is 52.3 Å². The third kappa shape index (κ3) is 9.92. The predicted octanol–water partition coefficient (Wildman–Crippen LogP) is -0.276. The van der Waals surface area contributed by atoms with Crippen molar-refractivity contribution >= 4 is 46.4 Å². The quantitative estimate of drug-likeness (QED) is 0.0630. The number of nitrogens with zero attached hydrogens (tertiary/aromatic N) is 2. The van der Waals surface area contributed by atoms with Crippen molar-refractivity contribution in [3.8, 4) is 0 Å². The number of nitrogens with two attached hydrogens (primary N) is 4. The van der Waals surface area contributed by atoms with Gasteiger partial charge in [0.15, 0.2) is 5.96 Å². The van der Waals surface area contributed by atoms with E-state index < -0.39 is 59.7 Å². The average Bonchev–Trinajstić information content (AvgIpc) is 3.71. The Morgan fingerprint density at radius 2 is 1.69 bits per heavy atom. The topological polar surface area (TPSA) is 257 Å². The third-order valence-electron chi connectivity index (χ3n) is 8.97. The highest BCUT2D eigenvalue weighted by molar-refractivity contribution is 5.96. The molecule has 0 spiro atoms. The number of para-hydroxylation sites is 1. The molecule has 0 aliphatic carbocycles. The van der Waals surface area contributed by atoms with Crippen molar-refractivity contribution in [3.63, 3.8) is 0 Å². The van der Waals surface area contributed by atoms with Crippen molar-refractivity contribution in [1.82, 2.24) is 25.8 Å². The number of carbonyl (C=O) groups excluding carboxylic acids is 5. The van der Waals surface area contributed by atoms with Gasteiger partial charge in [0.25, 0.3) is 0 Å². The predicted molar refractivity (Wildman–Crippen MR) is 184 cm³/mol. The molecule has 1 aliphatic heterocycles. The lowest BCUT2D eigenvalue weighted by molar-refractivity contribution is -0.142. The second-order valence-electron chi connectivity index (χ2n) is 12.9. The molecule has 0 saturated carbocycles. The largest absolute Gasteiger partial charge is 0.370 e. The SMILES string of the molecule is CC[C@@H](C)[C@@H](NC(=O)[C@H]1CCCN1C(=O)[C@@H](Cc1c[nH]c2ccccc12)NC(=O)C(N)C(C)C)C(=O)N[C@@H](CCCN=C(N)N)C(N)=O. The zero-order chi connectivity index (χ0) is 35.5. The maximum Gasteiger partial charge on any atom is 0.246 e. The molecular formula is C33H52N10O5. The van der Waals surface area contributed by atoms with Gasteiger partial charge in [-0.2, -0.15) is 0 Å². The van der Waals surface area contributed by atoms with E-state index in [-0.39, 0.29) is 37.2 Å². The molecule has 0 radical (unpaired) electrons. The minimum atomic E-state index is -0.995. The lowest BCUT2D eigenvalue weighted by Crippen LogP contribution is -2.60. The van der Waals surface area contributed by atoms with Crippen LogP contribution in [0.15, 0.2) is 35.5 Å². The Morgan fingerprint density at radius 3 is 2.33 bits per heavy atom. The number of likely N-dealkylation sites (tertiary alicyclic amines) is 1. The molecule has 1 unspecified atom stereocenters. The lowest BCUT2D eigenvalue weighted by atomic mass is 9.97. The molecule has 0 bridgehead atoms. The number of hydrogen-bond donors (Lipinski definition) is 8. The van der Waals surface area contributed by atoms with Crippen LogP contribution in [-0.4, -0.2) is 88.7 Å². The average molecular weight is 669 g/mol. The number of H-pyrrole nitrogens is 1. The highest BCUT2D eigenvalue weighted by Gasteiger charge is 2.40. The number of amides is 5. The van der Waals surface area contributed by atoms with E-state index in [1.165, 1.54) is 4.90 Å². The van der Waals surface area contributed by atoms with Crippen molar-refractivity contribution in [2.24, 2.45) is 39.8 Å². The normalized spacial score (nSPS) is 17.6. The minimum Gasteiger partial charge on any atom is -0.370 e. The van der Waals surface area contributed by atoms with Crippen molar-refractivity contribution < 1.29 is 24.0 Å². The van der Waals surface area contributed by atoms with Gasteiger partial charge in [-0.15, -0.1) is 0 Å². The van der Waals surface area contributed by atoms with E-state index in [4.69, 9.17) is 22.9 Å². The van der Waals surface area contributed by atoms with Crippen LogP contribution >= 0.6 is 0 Å². The first-order chi connectivity index (χ1) is 22.7. The number of carbonyl (C=O) groups is 5. The van der Waals surface area contributed by atoms with E-state index in [9.17, 15) is 24.0 Å². The molecule has 1 fully saturated rings. The molecular weight excluding hydrogens is 616 g/mol.